The van der Waals surface area contributed by atoms with Crippen molar-refractivity contribution in [3.05, 3.63) is 0 Å². The van der Waals surface area contributed by atoms with Crippen LogP contribution in [-0.2, 0) is 9.57 Å². The summed E-state index contributed by atoms with van der Waals surface area (Å²) in [5.74, 6) is 1.17. The predicted molar refractivity (Wildman–Crippen MR) is 49.8 cm³/mol. The van der Waals surface area contributed by atoms with Gasteiger partial charge in [-0.2, -0.15) is 0 Å². The number of hydrogen-bond donors (Lipinski definition) is 1. The van der Waals surface area contributed by atoms with Crippen LogP contribution in [0.2, 0.25) is 0 Å². The Bertz CT molecular complexity index is 107. The quantitative estimate of drug-likeness (QED) is 0.620. The summed E-state index contributed by atoms with van der Waals surface area (Å²) in [5, 5.41) is 0. The lowest BCUT2D eigenvalue weighted by molar-refractivity contribution is -0.00392. The highest BCUT2D eigenvalue weighted by Crippen LogP contribution is 2.16. The van der Waals surface area contributed by atoms with Gasteiger partial charge in [0.25, 0.3) is 0 Å². The van der Waals surface area contributed by atoms with Gasteiger partial charge in [0, 0.05) is 13.7 Å². The van der Waals surface area contributed by atoms with Gasteiger partial charge >= 0.3 is 0 Å². The molecule has 1 N–H and O–H groups in total. The van der Waals surface area contributed by atoms with E-state index in [2.05, 4.69) is 26.3 Å². The van der Waals surface area contributed by atoms with Crippen molar-refractivity contribution in [2.24, 2.45) is 11.8 Å². The Morgan fingerprint density at radius 2 is 1.75 bits per heavy atom. The fraction of sp³-hybridized carbons (Fsp3) is 1.00. The first kappa shape index (κ1) is 11.9. The van der Waals surface area contributed by atoms with Crippen LogP contribution in [0.25, 0.3) is 0 Å². The zero-order valence-corrected chi connectivity index (χ0v) is 8.76. The molecule has 0 saturated carbocycles. The molecule has 3 heteroatoms. The van der Waals surface area contributed by atoms with Crippen molar-refractivity contribution in [1.82, 2.24) is 5.48 Å². The molecule has 0 rings (SSSR count). The Hall–Kier alpha value is -0.120. The molecule has 0 heterocycles. The second kappa shape index (κ2) is 6.40. The lowest BCUT2D eigenvalue weighted by Gasteiger charge is -2.25. The first-order valence-electron chi connectivity index (χ1n) is 4.42. The SMILES string of the molecule is CONCC(OC)C(C)C(C)C. The van der Waals surface area contributed by atoms with Crippen LogP contribution in [0.15, 0.2) is 0 Å². The Labute approximate surface area is 75.4 Å². The lowest BCUT2D eigenvalue weighted by atomic mass is 9.92. The van der Waals surface area contributed by atoms with Gasteiger partial charge in [-0.25, -0.2) is 5.48 Å². The number of hydroxylamine groups is 1. The van der Waals surface area contributed by atoms with Gasteiger partial charge in [-0.05, 0) is 11.8 Å². The molecule has 0 saturated heterocycles. The second-order valence-electron chi connectivity index (χ2n) is 3.43. The van der Waals surface area contributed by atoms with E-state index < -0.39 is 0 Å². The standard InChI is InChI=1S/C9H21NO2/c1-7(2)8(3)9(11-4)6-10-12-5/h7-10H,6H2,1-5H3. The maximum atomic E-state index is 5.33. The third-order valence-electron chi connectivity index (χ3n) is 2.37. The molecule has 2 atom stereocenters. The smallest absolute Gasteiger partial charge is 0.0746 e. The van der Waals surface area contributed by atoms with Gasteiger partial charge in [-0.1, -0.05) is 20.8 Å². The zero-order chi connectivity index (χ0) is 9.56. The molecule has 0 aromatic rings. The van der Waals surface area contributed by atoms with Crippen LogP contribution >= 0.6 is 0 Å². The topological polar surface area (TPSA) is 30.5 Å². The molecular formula is C9H21NO2. The third kappa shape index (κ3) is 4.04. The molecule has 2 unspecified atom stereocenters. The number of rotatable bonds is 6. The van der Waals surface area contributed by atoms with Crippen LogP contribution in [0.5, 0.6) is 0 Å². The summed E-state index contributed by atoms with van der Waals surface area (Å²) >= 11 is 0. The van der Waals surface area contributed by atoms with E-state index >= 15 is 0 Å². The fourth-order valence-corrected chi connectivity index (χ4v) is 1.08. The second-order valence-corrected chi connectivity index (χ2v) is 3.43. The lowest BCUT2D eigenvalue weighted by Crippen LogP contribution is -2.35. The van der Waals surface area contributed by atoms with Gasteiger partial charge in [-0.3, -0.25) is 0 Å². The minimum absolute atomic E-state index is 0.227. The van der Waals surface area contributed by atoms with E-state index in [0.717, 1.165) is 6.54 Å². The normalized spacial score (nSPS) is 16.5. The van der Waals surface area contributed by atoms with E-state index in [9.17, 15) is 0 Å². The summed E-state index contributed by atoms with van der Waals surface area (Å²) in [6.45, 7) is 7.33. The van der Waals surface area contributed by atoms with Crippen molar-refractivity contribution in [3.63, 3.8) is 0 Å². The molecule has 0 aliphatic rings. The Morgan fingerprint density at radius 1 is 1.17 bits per heavy atom. The molecule has 0 radical (unpaired) electrons. The molecule has 0 amide bonds. The monoisotopic (exact) mass is 175 g/mol. The largest absolute Gasteiger partial charge is 0.380 e. The number of methoxy groups -OCH3 is 1. The molecule has 0 spiro atoms. The molecule has 3 nitrogen and oxygen atoms in total. The maximum Gasteiger partial charge on any atom is 0.0746 e. The first-order chi connectivity index (χ1) is 5.63. The Balaban J connectivity index is 3.79. The third-order valence-corrected chi connectivity index (χ3v) is 2.37. The highest BCUT2D eigenvalue weighted by Gasteiger charge is 2.19. The van der Waals surface area contributed by atoms with Crippen molar-refractivity contribution in [3.8, 4) is 0 Å². The van der Waals surface area contributed by atoms with Gasteiger partial charge in [0.1, 0.15) is 0 Å². The van der Waals surface area contributed by atoms with Crippen molar-refractivity contribution in [1.29, 1.82) is 0 Å². The number of hydrogen-bond acceptors (Lipinski definition) is 3. The molecule has 12 heavy (non-hydrogen) atoms. The van der Waals surface area contributed by atoms with Gasteiger partial charge in [0.2, 0.25) is 0 Å². The molecule has 0 aromatic heterocycles. The van der Waals surface area contributed by atoms with Gasteiger partial charge in [0.15, 0.2) is 0 Å². The van der Waals surface area contributed by atoms with E-state index in [4.69, 9.17) is 9.57 Å². The predicted octanol–water partition coefficient (Wildman–Crippen LogP) is 1.44. The van der Waals surface area contributed by atoms with E-state index in [1.54, 1.807) is 14.2 Å². The maximum absolute atomic E-state index is 5.33. The summed E-state index contributed by atoms with van der Waals surface area (Å²) in [7, 11) is 3.35. The minimum Gasteiger partial charge on any atom is -0.380 e. The van der Waals surface area contributed by atoms with Crippen LogP contribution in [0.3, 0.4) is 0 Å². The summed E-state index contributed by atoms with van der Waals surface area (Å²) in [6.07, 6.45) is 0.227. The van der Waals surface area contributed by atoms with Gasteiger partial charge in [-0.15, -0.1) is 0 Å². The number of ether oxygens (including phenoxy) is 1. The highest BCUT2D eigenvalue weighted by molar-refractivity contribution is 4.69. The summed E-state index contributed by atoms with van der Waals surface area (Å²) in [5.41, 5.74) is 2.81. The zero-order valence-electron chi connectivity index (χ0n) is 8.76. The van der Waals surface area contributed by atoms with Crippen LogP contribution in [0.4, 0.5) is 0 Å². The molecule has 0 bridgehead atoms. The van der Waals surface area contributed by atoms with E-state index in [0.29, 0.717) is 11.8 Å². The number of nitrogens with one attached hydrogen (secondary N) is 1. The average molecular weight is 175 g/mol. The van der Waals surface area contributed by atoms with Crippen LogP contribution in [0, 0.1) is 11.8 Å². The molecular weight excluding hydrogens is 154 g/mol. The fourth-order valence-electron chi connectivity index (χ4n) is 1.08. The van der Waals surface area contributed by atoms with Gasteiger partial charge in [0.05, 0.1) is 13.2 Å². The first-order valence-corrected chi connectivity index (χ1v) is 4.42. The molecule has 74 valence electrons. The summed E-state index contributed by atoms with van der Waals surface area (Å²) in [6, 6.07) is 0. The van der Waals surface area contributed by atoms with E-state index in [1.165, 1.54) is 0 Å². The van der Waals surface area contributed by atoms with Crippen molar-refractivity contribution in [2.45, 2.75) is 26.9 Å². The minimum atomic E-state index is 0.227. The average Bonchev–Trinajstić information content (AvgIpc) is 2.05. The van der Waals surface area contributed by atoms with E-state index in [-0.39, 0.29) is 6.10 Å². The Kier molecular flexibility index (Phi) is 6.34. The van der Waals surface area contributed by atoms with Crippen molar-refractivity contribution in [2.75, 3.05) is 20.8 Å². The van der Waals surface area contributed by atoms with Gasteiger partial charge < -0.3 is 9.57 Å². The molecule has 0 fully saturated rings. The van der Waals surface area contributed by atoms with Crippen LogP contribution in [0.1, 0.15) is 20.8 Å². The van der Waals surface area contributed by atoms with E-state index in [1.807, 2.05) is 0 Å². The molecule has 0 aliphatic heterocycles. The highest BCUT2D eigenvalue weighted by atomic mass is 16.6. The van der Waals surface area contributed by atoms with Crippen molar-refractivity contribution >= 4 is 0 Å². The molecule has 0 aromatic carbocycles. The summed E-state index contributed by atoms with van der Waals surface area (Å²) in [4.78, 5) is 4.77. The molecule has 0 aliphatic carbocycles. The van der Waals surface area contributed by atoms with Crippen LogP contribution < -0.4 is 5.48 Å². The van der Waals surface area contributed by atoms with Crippen molar-refractivity contribution < 1.29 is 9.57 Å². The van der Waals surface area contributed by atoms with Crippen LogP contribution in [-0.4, -0.2) is 26.9 Å². The summed E-state index contributed by atoms with van der Waals surface area (Å²) < 4.78 is 5.33. The Morgan fingerprint density at radius 3 is 2.08 bits per heavy atom.